The zero-order chi connectivity index (χ0) is 18.5. The molecule has 0 atom stereocenters. The van der Waals surface area contributed by atoms with Crippen LogP contribution in [0.3, 0.4) is 0 Å². The van der Waals surface area contributed by atoms with E-state index in [-0.39, 0.29) is 18.1 Å². The van der Waals surface area contributed by atoms with Crippen molar-refractivity contribution in [1.29, 1.82) is 0 Å². The summed E-state index contributed by atoms with van der Waals surface area (Å²) < 4.78 is 0. The summed E-state index contributed by atoms with van der Waals surface area (Å²) in [5.41, 5.74) is 2.65. The number of nitrogens with zero attached hydrogens (tertiary/aromatic N) is 2. The van der Waals surface area contributed by atoms with E-state index in [2.05, 4.69) is 15.3 Å². The fourth-order valence-electron chi connectivity index (χ4n) is 2.81. The average Bonchev–Trinajstić information content (AvgIpc) is 2.65. The van der Waals surface area contributed by atoms with Crippen LogP contribution < -0.4 is 10.9 Å². The number of H-pyrrole nitrogens is 1. The Morgan fingerprint density at radius 3 is 2.65 bits per heavy atom. The van der Waals surface area contributed by atoms with Gasteiger partial charge in [0.1, 0.15) is 5.82 Å². The molecule has 0 fully saturated rings. The van der Waals surface area contributed by atoms with Crippen molar-refractivity contribution in [3.05, 3.63) is 75.8 Å². The second-order valence-electron chi connectivity index (χ2n) is 6.13. The Hall–Kier alpha value is -3.15. The van der Waals surface area contributed by atoms with E-state index in [0.717, 1.165) is 11.1 Å². The number of fused-ring (bicyclic) bond motifs is 1. The van der Waals surface area contributed by atoms with Crippen molar-refractivity contribution < 1.29 is 4.79 Å². The van der Waals surface area contributed by atoms with Crippen molar-refractivity contribution in [2.45, 2.75) is 26.9 Å². The number of carbonyl (C=O) groups excluding carboxylic acids is 1. The molecule has 0 unspecified atom stereocenters. The van der Waals surface area contributed by atoms with Gasteiger partial charge in [-0.1, -0.05) is 36.4 Å². The monoisotopic (exact) mass is 350 g/mol. The number of benzene rings is 2. The van der Waals surface area contributed by atoms with Gasteiger partial charge in [0.2, 0.25) is 0 Å². The van der Waals surface area contributed by atoms with Gasteiger partial charge in [-0.2, -0.15) is 0 Å². The minimum absolute atomic E-state index is 0.188. The summed E-state index contributed by atoms with van der Waals surface area (Å²) in [5, 5.41) is 3.47. The molecule has 0 saturated heterocycles. The minimum Gasteiger partial charge on any atom is -0.334 e. The summed E-state index contributed by atoms with van der Waals surface area (Å²) in [5.74, 6) is 0.474. The lowest BCUT2D eigenvalue weighted by Crippen LogP contribution is -2.39. The largest absolute Gasteiger partial charge is 0.334 e. The fourth-order valence-corrected chi connectivity index (χ4v) is 2.81. The van der Waals surface area contributed by atoms with Crippen LogP contribution in [0.25, 0.3) is 10.9 Å². The summed E-state index contributed by atoms with van der Waals surface area (Å²) in [6, 6.07) is 14.9. The fraction of sp³-hybridized carbons (Fsp3) is 0.250. The van der Waals surface area contributed by atoms with E-state index >= 15 is 0 Å². The number of nitrogens with one attached hydrogen (secondary N) is 2. The number of aromatic amines is 1. The van der Waals surface area contributed by atoms with Crippen LogP contribution in [0.1, 0.15) is 23.9 Å². The summed E-state index contributed by atoms with van der Waals surface area (Å²) in [4.78, 5) is 33.5. The number of para-hydroxylation sites is 1. The van der Waals surface area contributed by atoms with Crippen molar-refractivity contribution in [3.63, 3.8) is 0 Å². The Kier molecular flexibility index (Phi) is 5.31. The maximum Gasteiger partial charge on any atom is 0.318 e. The van der Waals surface area contributed by atoms with Gasteiger partial charge in [-0.25, -0.2) is 9.78 Å². The SMILES string of the molecule is CCN(Cc1nc2ccccc2c(=O)[nH]1)C(=O)NCc1ccccc1C. The maximum atomic E-state index is 12.5. The van der Waals surface area contributed by atoms with Gasteiger partial charge in [0.25, 0.3) is 5.56 Å². The third-order valence-electron chi connectivity index (χ3n) is 4.36. The summed E-state index contributed by atoms with van der Waals surface area (Å²) in [6.45, 7) is 5.13. The van der Waals surface area contributed by atoms with Gasteiger partial charge in [-0.15, -0.1) is 0 Å². The molecule has 3 aromatic rings. The highest BCUT2D eigenvalue weighted by atomic mass is 16.2. The minimum atomic E-state index is -0.193. The highest BCUT2D eigenvalue weighted by Crippen LogP contribution is 2.09. The van der Waals surface area contributed by atoms with E-state index in [9.17, 15) is 9.59 Å². The number of hydrogen-bond donors (Lipinski definition) is 2. The maximum absolute atomic E-state index is 12.5. The highest BCUT2D eigenvalue weighted by molar-refractivity contribution is 5.77. The molecule has 3 rings (SSSR count). The number of urea groups is 1. The smallest absolute Gasteiger partial charge is 0.318 e. The molecule has 0 radical (unpaired) electrons. The quantitative estimate of drug-likeness (QED) is 0.742. The molecular weight excluding hydrogens is 328 g/mol. The van der Waals surface area contributed by atoms with Crippen LogP contribution in [-0.2, 0) is 13.1 Å². The second kappa shape index (κ2) is 7.82. The molecule has 0 aliphatic rings. The first-order valence-corrected chi connectivity index (χ1v) is 8.63. The number of hydrogen-bond acceptors (Lipinski definition) is 3. The number of carbonyl (C=O) groups is 1. The van der Waals surface area contributed by atoms with Gasteiger partial charge in [0.15, 0.2) is 0 Å². The lowest BCUT2D eigenvalue weighted by Gasteiger charge is -2.21. The van der Waals surface area contributed by atoms with Crippen molar-refractivity contribution in [3.8, 4) is 0 Å². The molecule has 2 N–H and O–H groups in total. The molecule has 0 bridgehead atoms. The van der Waals surface area contributed by atoms with E-state index in [1.807, 2.05) is 44.2 Å². The standard InChI is InChI=1S/C20H22N4O2/c1-3-24(20(26)21-12-15-9-5-4-8-14(15)2)13-18-22-17-11-7-6-10-16(17)19(25)23-18/h4-11H,3,12-13H2,1-2H3,(H,21,26)(H,22,23,25). The van der Waals surface area contributed by atoms with E-state index in [0.29, 0.717) is 29.8 Å². The van der Waals surface area contributed by atoms with Gasteiger partial charge in [-0.3, -0.25) is 4.79 Å². The number of rotatable bonds is 5. The van der Waals surface area contributed by atoms with Crippen molar-refractivity contribution in [1.82, 2.24) is 20.2 Å². The summed E-state index contributed by atoms with van der Waals surface area (Å²) in [6.07, 6.45) is 0. The highest BCUT2D eigenvalue weighted by Gasteiger charge is 2.14. The van der Waals surface area contributed by atoms with Crippen LogP contribution in [0.2, 0.25) is 0 Å². The first kappa shape index (κ1) is 17.7. The summed E-state index contributed by atoms with van der Waals surface area (Å²) >= 11 is 0. The molecule has 1 heterocycles. The first-order valence-electron chi connectivity index (χ1n) is 8.63. The molecule has 1 aromatic heterocycles. The van der Waals surface area contributed by atoms with E-state index in [4.69, 9.17) is 0 Å². The summed E-state index contributed by atoms with van der Waals surface area (Å²) in [7, 11) is 0. The lowest BCUT2D eigenvalue weighted by atomic mass is 10.1. The Morgan fingerprint density at radius 1 is 1.15 bits per heavy atom. The van der Waals surface area contributed by atoms with Crippen LogP contribution in [0.4, 0.5) is 4.79 Å². The second-order valence-corrected chi connectivity index (χ2v) is 6.13. The van der Waals surface area contributed by atoms with Gasteiger partial charge in [0.05, 0.1) is 17.4 Å². The molecule has 26 heavy (non-hydrogen) atoms. The van der Waals surface area contributed by atoms with Gasteiger partial charge in [-0.05, 0) is 37.1 Å². The molecule has 0 saturated carbocycles. The predicted octanol–water partition coefficient (Wildman–Crippen LogP) is 2.96. The zero-order valence-corrected chi connectivity index (χ0v) is 15.0. The van der Waals surface area contributed by atoms with Gasteiger partial charge < -0.3 is 15.2 Å². The molecule has 2 amide bonds. The van der Waals surface area contributed by atoms with Gasteiger partial charge in [0, 0.05) is 13.1 Å². The van der Waals surface area contributed by atoms with Crippen LogP contribution in [0.5, 0.6) is 0 Å². The number of amides is 2. The number of aromatic nitrogens is 2. The van der Waals surface area contributed by atoms with E-state index in [1.54, 1.807) is 23.1 Å². The van der Waals surface area contributed by atoms with Crippen molar-refractivity contribution in [2.24, 2.45) is 0 Å². The molecule has 0 aliphatic carbocycles. The molecular formula is C20H22N4O2. The Bertz CT molecular complexity index is 981. The zero-order valence-electron chi connectivity index (χ0n) is 15.0. The van der Waals surface area contributed by atoms with Crippen LogP contribution in [-0.4, -0.2) is 27.4 Å². The molecule has 134 valence electrons. The lowest BCUT2D eigenvalue weighted by molar-refractivity contribution is 0.196. The molecule has 0 aliphatic heterocycles. The Labute approximate surface area is 151 Å². The topological polar surface area (TPSA) is 78.1 Å². The van der Waals surface area contributed by atoms with Crippen LogP contribution >= 0.6 is 0 Å². The number of aryl methyl sites for hydroxylation is 1. The van der Waals surface area contributed by atoms with Crippen LogP contribution in [0.15, 0.2) is 53.3 Å². The molecule has 2 aromatic carbocycles. The third kappa shape index (κ3) is 3.91. The van der Waals surface area contributed by atoms with Crippen LogP contribution in [0, 0.1) is 6.92 Å². The normalized spacial score (nSPS) is 10.7. The molecule has 0 spiro atoms. The Morgan fingerprint density at radius 2 is 1.88 bits per heavy atom. The first-order chi connectivity index (χ1) is 12.6. The average molecular weight is 350 g/mol. The van der Waals surface area contributed by atoms with Crippen molar-refractivity contribution >= 4 is 16.9 Å². The van der Waals surface area contributed by atoms with Crippen molar-refractivity contribution in [2.75, 3.05) is 6.54 Å². The van der Waals surface area contributed by atoms with E-state index < -0.39 is 0 Å². The molecule has 6 nitrogen and oxygen atoms in total. The predicted molar refractivity (Wildman–Crippen MR) is 102 cm³/mol. The van der Waals surface area contributed by atoms with E-state index in [1.165, 1.54) is 0 Å². The third-order valence-corrected chi connectivity index (χ3v) is 4.36. The Balaban J connectivity index is 1.72. The molecule has 6 heteroatoms. The van der Waals surface area contributed by atoms with Gasteiger partial charge >= 0.3 is 6.03 Å².